The predicted molar refractivity (Wildman–Crippen MR) is 106 cm³/mol. The number of ether oxygens (including phenoxy) is 1. The van der Waals surface area contributed by atoms with Crippen molar-refractivity contribution in [2.45, 2.75) is 50.8 Å². The van der Waals surface area contributed by atoms with E-state index in [9.17, 15) is 0 Å². The van der Waals surface area contributed by atoms with Crippen LogP contribution in [0, 0.1) is 6.92 Å². The zero-order chi connectivity index (χ0) is 18.5. The highest BCUT2D eigenvalue weighted by Crippen LogP contribution is 2.49. The van der Waals surface area contributed by atoms with Gasteiger partial charge in [-0.05, 0) is 44.4 Å². The Labute approximate surface area is 163 Å². The second kappa shape index (κ2) is 6.75. The summed E-state index contributed by atoms with van der Waals surface area (Å²) in [5, 5.41) is 3.72. The van der Waals surface area contributed by atoms with Crippen molar-refractivity contribution in [1.82, 2.24) is 15.3 Å². The molecule has 7 heteroatoms. The fourth-order valence-electron chi connectivity index (χ4n) is 4.21. The fraction of sp³-hybridized carbons (Fsp3) is 0.579. The van der Waals surface area contributed by atoms with Crippen molar-refractivity contribution in [2.24, 2.45) is 0 Å². The quantitative estimate of drug-likeness (QED) is 0.841. The van der Waals surface area contributed by atoms with Crippen LogP contribution >= 0.6 is 22.9 Å². The zero-order valence-electron chi connectivity index (χ0n) is 15.7. The number of halogens is 1. The van der Waals surface area contributed by atoms with Gasteiger partial charge in [0.15, 0.2) is 0 Å². The third-order valence-corrected chi connectivity index (χ3v) is 6.71. The van der Waals surface area contributed by atoms with Gasteiger partial charge in [-0.1, -0.05) is 11.6 Å². The lowest BCUT2D eigenvalue weighted by Crippen LogP contribution is -2.49. The van der Waals surface area contributed by atoms with Gasteiger partial charge in [0.2, 0.25) is 5.95 Å². The number of nitrogens with one attached hydrogen (secondary N) is 1. The Morgan fingerprint density at radius 1 is 1.31 bits per heavy atom. The largest absolute Gasteiger partial charge is 0.369 e. The average molecular weight is 393 g/mol. The van der Waals surface area contributed by atoms with Crippen LogP contribution in [0.25, 0.3) is 0 Å². The molecule has 1 saturated heterocycles. The Morgan fingerprint density at radius 2 is 2.12 bits per heavy atom. The lowest BCUT2D eigenvalue weighted by Gasteiger charge is -2.46. The molecular formula is C19H25ClN4OS. The van der Waals surface area contributed by atoms with Crippen LogP contribution in [0.1, 0.15) is 47.6 Å². The standard InChI is InChI=1S/C19H25ClN4OS/c1-11-7-14(23-18(22-11)24(3)4)15-10-19(9-12(2)21-15)17-13(5-6-25-19)8-16(20)26-17/h7-8,12,15,21H,5-6,9-10H2,1-4H3. The van der Waals surface area contributed by atoms with E-state index in [1.807, 2.05) is 25.9 Å². The highest BCUT2D eigenvalue weighted by atomic mass is 35.5. The minimum absolute atomic E-state index is 0.131. The summed E-state index contributed by atoms with van der Waals surface area (Å²) in [4.78, 5) is 12.6. The molecule has 2 aliphatic heterocycles. The molecule has 2 aromatic heterocycles. The lowest BCUT2D eigenvalue weighted by atomic mass is 9.79. The molecule has 1 N–H and O–H groups in total. The van der Waals surface area contributed by atoms with Crippen molar-refractivity contribution in [3.05, 3.63) is 38.3 Å². The van der Waals surface area contributed by atoms with Crippen molar-refractivity contribution in [3.63, 3.8) is 0 Å². The number of anilines is 1. The third kappa shape index (κ3) is 3.24. The molecule has 0 bridgehead atoms. The number of fused-ring (bicyclic) bond motifs is 2. The van der Waals surface area contributed by atoms with Gasteiger partial charge in [0.1, 0.15) is 5.60 Å². The molecule has 0 aliphatic carbocycles. The van der Waals surface area contributed by atoms with E-state index in [0.29, 0.717) is 6.04 Å². The maximum absolute atomic E-state index is 6.43. The normalized spacial score (nSPS) is 28.2. The SMILES string of the molecule is Cc1cc(C2CC3(CC(C)N2)OCCc2cc(Cl)sc23)nc(N(C)C)n1. The van der Waals surface area contributed by atoms with Crippen LogP contribution < -0.4 is 10.2 Å². The average Bonchev–Trinajstić information content (AvgIpc) is 2.96. The number of aryl methyl sites for hydroxylation is 1. The summed E-state index contributed by atoms with van der Waals surface area (Å²) in [5.41, 5.74) is 3.10. The van der Waals surface area contributed by atoms with Gasteiger partial charge in [-0.25, -0.2) is 9.97 Å². The van der Waals surface area contributed by atoms with E-state index >= 15 is 0 Å². The van der Waals surface area contributed by atoms with Crippen molar-refractivity contribution >= 4 is 28.9 Å². The molecule has 0 saturated carbocycles. The first-order valence-corrected chi connectivity index (χ1v) is 10.3. The van der Waals surface area contributed by atoms with Crippen LogP contribution in [0.4, 0.5) is 5.95 Å². The first-order valence-electron chi connectivity index (χ1n) is 9.08. The molecule has 5 nitrogen and oxygen atoms in total. The number of rotatable bonds is 2. The fourth-order valence-corrected chi connectivity index (χ4v) is 5.67. The Kier molecular flexibility index (Phi) is 4.72. The zero-order valence-corrected chi connectivity index (χ0v) is 17.2. The summed E-state index contributed by atoms with van der Waals surface area (Å²) in [6.07, 6.45) is 2.77. The van der Waals surface area contributed by atoms with Crippen molar-refractivity contribution in [2.75, 3.05) is 25.6 Å². The molecule has 4 heterocycles. The van der Waals surface area contributed by atoms with Crippen molar-refractivity contribution in [3.8, 4) is 0 Å². The highest BCUT2D eigenvalue weighted by Gasteiger charge is 2.46. The number of piperidine rings is 1. The number of thiophene rings is 1. The summed E-state index contributed by atoms with van der Waals surface area (Å²) < 4.78 is 7.29. The van der Waals surface area contributed by atoms with E-state index in [2.05, 4.69) is 29.4 Å². The molecule has 3 atom stereocenters. The second-order valence-corrected chi connectivity index (χ2v) is 9.34. The molecule has 1 fully saturated rings. The van der Waals surface area contributed by atoms with Gasteiger partial charge in [-0.15, -0.1) is 11.3 Å². The molecule has 26 heavy (non-hydrogen) atoms. The third-order valence-electron chi connectivity index (χ3n) is 5.22. The summed E-state index contributed by atoms with van der Waals surface area (Å²) in [6, 6.07) is 4.67. The number of aromatic nitrogens is 2. The Balaban J connectivity index is 1.72. The maximum Gasteiger partial charge on any atom is 0.225 e. The topological polar surface area (TPSA) is 50.3 Å². The Bertz CT molecular complexity index is 824. The summed E-state index contributed by atoms with van der Waals surface area (Å²) in [6.45, 7) is 5.00. The van der Waals surface area contributed by atoms with Gasteiger partial charge in [0.25, 0.3) is 0 Å². The smallest absolute Gasteiger partial charge is 0.225 e. The predicted octanol–water partition coefficient (Wildman–Crippen LogP) is 3.85. The van der Waals surface area contributed by atoms with Gasteiger partial charge < -0.3 is 15.0 Å². The van der Waals surface area contributed by atoms with E-state index in [0.717, 1.165) is 47.5 Å². The van der Waals surface area contributed by atoms with E-state index < -0.39 is 0 Å². The van der Waals surface area contributed by atoms with E-state index in [1.165, 1.54) is 10.4 Å². The van der Waals surface area contributed by atoms with Gasteiger partial charge in [-0.3, -0.25) is 0 Å². The Morgan fingerprint density at radius 3 is 2.88 bits per heavy atom. The van der Waals surface area contributed by atoms with E-state index in [1.54, 1.807) is 11.3 Å². The molecule has 0 aromatic carbocycles. The van der Waals surface area contributed by atoms with Crippen molar-refractivity contribution < 1.29 is 4.74 Å². The lowest BCUT2D eigenvalue weighted by molar-refractivity contribution is -0.0957. The van der Waals surface area contributed by atoms with Crippen LogP contribution in [0.15, 0.2) is 12.1 Å². The summed E-state index contributed by atoms with van der Waals surface area (Å²) >= 11 is 8.02. The van der Waals surface area contributed by atoms with Crippen LogP contribution in [0.2, 0.25) is 4.34 Å². The number of hydrogen-bond donors (Lipinski definition) is 1. The monoisotopic (exact) mass is 392 g/mol. The van der Waals surface area contributed by atoms with Gasteiger partial charge in [-0.2, -0.15) is 0 Å². The maximum atomic E-state index is 6.43. The molecular weight excluding hydrogens is 368 g/mol. The van der Waals surface area contributed by atoms with Crippen LogP contribution in [-0.4, -0.2) is 36.7 Å². The van der Waals surface area contributed by atoms with E-state index in [-0.39, 0.29) is 11.6 Å². The Hall–Kier alpha value is -1.21. The molecule has 0 radical (unpaired) electrons. The highest BCUT2D eigenvalue weighted by molar-refractivity contribution is 7.16. The van der Waals surface area contributed by atoms with Gasteiger partial charge in [0.05, 0.1) is 22.7 Å². The van der Waals surface area contributed by atoms with Gasteiger partial charge in [0, 0.05) is 37.1 Å². The second-order valence-electron chi connectivity index (χ2n) is 7.65. The van der Waals surface area contributed by atoms with Crippen LogP contribution in [0.3, 0.4) is 0 Å². The molecule has 2 aromatic rings. The molecule has 3 unspecified atom stereocenters. The minimum Gasteiger partial charge on any atom is -0.369 e. The summed E-state index contributed by atoms with van der Waals surface area (Å²) in [7, 11) is 3.95. The number of nitrogens with zero attached hydrogens (tertiary/aromatic N) is 3. The molecule has 4 rings (SSSR count). The summed E-state index contributed by atoms with van der Waals surface area (Å²) in [5.74, 6) is 0.749. The first-order chi connectivity index (χ1) is 12.4. The van der Waals surface area contributed by atoms with Crippen LogP contribution in [0.5, 0.6) is 0 Å². The van der Waals surface area contributed by atoms with E-state index in [4.69, 9.17) is 21.3 Å². The van der Waals surface area contributed by atoms with Crippen molar-refractivity contribution in [1.29, 1.82) is 0 Å². The molecule has 0 amide bonds. The minimum atomic E-state index is -0.266. The molecule has 1 spiro atoms. The number of hydrogen-bond acceptors (Lipinski definition) is 6. The molecule has 2 aliphatic rings. The first kappa shape index (κ1) is 18.2. The van der Waals surface area contributed by atoms with Crippen LogP contribution in [-0.2, 0) is 16.8 Å². The van der Waals surface area contributed by atoms with Gasteiger partial charge >= 0.3 is 0 Å². The molecule has 140 valence electrons.